The Kier molecular flexibility index (Phi) is 5.41. The van der Waals surface area contributed by atoms with Gasteiger partial charge in [0, 0.05) is 41.2 Å². The van der Waals surface area contributed by atoms with E-state index in [1.165, 1.54) is 17.0 Å². The Balaban J connectivity index is 1.88. The summed E-state index contributed by atoms with van der Waals surface area (Å²) in [6, 6.07) is 9.22. The van der Waals surface area contributed by atoms with Crippen LogP contribution >= 0.6 is 0 Å². The smallest absolute Gasteiger partial charge is 0.344 e. The number of benzene rings is 2. The summed E-state index contributed by atoms with van der Waals surface area (Å²) >= 11 is 0. The Hall–Kier alpha value is -3.23. The highest BCUT2D eigenvalue weighted by Crippen LogP contribution is 2.36. The normalized spacial score (nSPS) is 19.3. The summed E-state index contributed by atoms with van der Waals surface area (Å²) < 4.78 is 38.4. The Morgan fingerprint density at radius 2 is 1.83 bits per heavy atom. The molecule has 1 heterocycles. The highest BCUT2D eigenvalue weighted by molar-refractivity contribution is 6.08. The molecule has 2 atom stereocenters. The van der Waals surface area contributed by atoms with Crippen molar-refractivity contribution in [2.24, 2.45) is 5.92 Å². The fraction of sp³-hybridized carbons (Fsp3) is 0.300. The minimum absolute atomic E-state index is 0.212. The van der Waals surface area contributed by atoms with E-state index in [2.05, 4.69) is 5.32 Å². The standard InChI is InChI=1S/C20H18F3N3O3/c1-11-15(4-3-5-16(11)25-29)24-18(27)17-14(10-26(2)19(17)28)12-6-8-13(9-7-12)20(21,22)23/h3-9,14,17H,10H2,1-2H3,(H,24,27)/p+1/t14-,17+/m1/s1. The first-order valence-electron chi connectivity index (χ1n) is 8.84. The summed E-state index contributed by atoms with van der Waals surface area (Å²) in [4.78, 5) is 37.8. The van der Waals surface area contributed by atoms with Crippen molar-refractivity contribution >= 4 is 23.2 Å². The second-order valence-corrected chi connectivity index (χ2v) is 6.99. The molecule has 1 saturated heterocycles. The zero-order valence-corrected chi connectivity index (χ0v) is 15.7. The Morgan fingerprint density at radius 1 is 1.17 bits per heavy atom. The number of hydrogen-bond donors (Lipinski definition) is 2. The van der Waals surface area contributed by atoms with Crippen LogP contribution in [0, 0.1) is 17.7 Å². The van der Waals surface area contributed by atoms with Gasteiger partial charge in [-0.15, -0.1) is 0 Å². The van der Waals surface area contributed by atoms with Crippen molar-refractivity contribution in [1.29, 1.82) is 0 Å². The molecule has 29 heavy (non-hydrogen) atoms. The average Bonchev–Trinajstić information content (AvgIpc) is 2.97. The molecule has 2 amide bonds. The molecule has 0 aromatic heterocycles. The third-order valence-electron chi connectivity index (χ3n) is 5.17. The quantitative estimate of drug-likeness (QED) is 0.765. The topological polar surface area (TPSA) is 80.5 Å². The van der Waals surface area contributed by atoms with Gasteiger partial charge in [-0.05, 0) is 30.7 Å². The van der Waals surface area contributed by atoms with Gasteiger partial charge in [0.1, 0.15) is 5.92 Å². The van der Waals surface area contributed by atoms with E-state index in [-0.39, 0.29) is 12.2 Å². The molecule has 9 heteroatoms. The van der Waals surface area contributed by atoms with Crippen molar-refractivity contribution in [3.63, 3.8) is 0 Å². The van der Waals surface area contributed by atoms with Gasteiger partial charge in [0.15, 0.2) is 0 Å². The van der Waals surface area contributed by atoms with Gasteiger partial charge >= 0.3 is 6.18 Å². The highest BCUT2D eigenvalue weighted by atomic mass is 19.4. The fourth-order valence-corrected chi connectivity index (χ4v) is 3.50. The van der Waals surface area contributed by atoms with E-state index in [1.54, 1.807) is 37.3 Å². The van der Waals surface area contributed by atoms with Gasteiger partial charge < -0.3 is 10.2 Å². The van der Waals surface area contributed by atoms with Crippen molar-refractivity contribution in [2.45, 2.75) is 19.0 Å². The number of alkyl halides is 3. The molecule has 0 radical (unpaired) electrons. The van der Waals surface area contributed by atoms with Crippen LogP contribution in [0.25, 0.3) is 0 Å². The summed E-state index contributed by atoms with van der Waals surface area (Å²) in [7, 11) is 1.54. The van der Waals surface area contributed by atoms with Gasteiger partial charge in [-0.25, -0.2) is 0 Å². The summed E-state index contributed by atoms with van der Waals surface area (Å²) in [6.07, 6.45) is -4.46. The van der Waals surface area contributed by atoms with E-state index in [4.69, 9.17) is 0 Å². The number of carbonyl (C=O) groups is 2. The molecule has 0 saturated carbocycles. The summed E-state index contributed by atoms with van der Waals surface area (Å²) in [5, 5.41) is 4.45. The first kappa shape index (κ1) is 20.5. The number of amides is 2. The number of anilines is 1. The van der Waals surface area contributed by atoms with E-state index < -0.39 is 35.4 Å². The van der Waals surface area contributed by atoms with Crippen LogP contribution in [0.1, 0.15) is 22.6 Å². The van der Waals surface area contributed by atoms with Crippen molar-refractivity contribution < 1.29 is 27.9 Å². The van der Waals surface area contributed by atoms with Crippen molar-refractivity contribution in [1.82, 2.24) is 4.90 Å². The van der Waals surface area contributed by atoms with Crippen molar-refractivity contribution in [3.8, 4) is 0 Å². The lowest BCUT2D eigenvalue weighted by atomic mass is 9.87. The SMILES string of the molecule is Cc1c(NC(=O)[C@H]2C(=O)N(C)C[C@@H]2c2ccc(C(F)(F)F)cc2)cccc1[NH+]=O. The molecular weight excluding hydrogens is 387 g/mol. The molecule has 2 aromatic carbocycles. The van der Waals surface area contributed by atoms with Crippen LogP contribution in [0.2, 0.25) is 0 Å². The van der Waals surface area contributed by atoms with Crippen LogP contribution in [-0.4, -0.2) is 30.3 Å². The molecule has 3 rings (SSSR count). The van der Waals surface area contributed by atoms with Crippen molar-refractivity contribution in [3.05, 3.63) is 64.1 Å². The number of likely N-dealkylation sites (N-methyl/N-ethyl adjacent to an activating group) is 1. The lowest BCUT2D eigenvalue weighted by Gasteiger charge is -2.18. The number of nitroso groups, excluding NO2 is 1. The zero-order valence-electron chi connectivity index (χ0n) is 15.7. The number of hydrogen-bond acceptors (Lipinski definition) is 3. The molecule has 2 aromatic rings. The molecular formula is C20H19F3N3O3+. The second kappa shape index (κ2) is 7.65. The molecule has 1 fully saturated rings. The molecule has 152 valence electrons. The predicted molar refractivity (Wildman–Crippen MR) is 99.1 cm³/mol. The van der Waals surface area contributed by atoms with Gasteiger partial charge in [0.05, 0.1) is 11.3 Å². The Labute approximate surface area is 164 Å². The minimum atomic E-state index is -4.46. The van der Waals surface area contributed by atoms with Gasteiger partial charge in [0.25, 0.3) is 5.69 Å². The third-order valence-corrected chi connectivity index (χ3v) is 5.17. The molecule has 0 aliphatic carbocycles. The predicted octanol–water partition coefficient (Wildman–Crippen LogP) is 2.30. The minimum Gasteiger partial charge on any atom is -0.344 e. The first-order valence-corrected chi connectivity index (χ1v) is 8.84. The van der Waals surface area contributed by atoms with E-state index in [9.17, 15) is 27.7 Å². The van der Waals surface area contributed by atoms with Crippen LogP contribution < -0.4 is 10.5 Å². The summed E-state index contributed by atoms with van der Waals surface area (Å²) in [5.41, 5.74) is 0.863. The van der Waals surface area contributed by atoms with Crippen LogP contribution in [0.3, 0.4) is 0 Å². The van der Waals surface area contributed by atoms with Gasteiger partial charge in [-0.2, -0.15) is 13.2 Å². The second-order valence-electron chi connectivity index (χ2n) is 6.99. The number of nitrogens with one attached hydrogen (secondary N) is 2. The maximum Gasteiger partial charge on any atom is 0.416 e. The van der Waals surface area contributed by atoms with Gasteiger partial charge in [-0.3, -0.25) is 9.59 Å². The Morgan fingerprint density at radius 3 is 2.41 bits per heavy atom. The lowest BCUT2D eigenvalue weighted by Crippen LogP contribution is -2.56. The summed E-state index contributed by atoms with van der Waals surface area (Å²) in [5.74, 6) is -2.66. The molecule has 6 nitrogen and oxygen atoms in total. The third kappa shape index (κ3) is 3.98. The van der Waals surface area contributed by atoms with Gasteiger partial charge in [-0.1, -0.05) is 18.2 Å². The lowest BCUT2D eigenvalue weighted by molar-refractivity contribution is -0.380. The van der Waals surface area contributed by atoms with E-state index in [0.717, 1.165) is 12.1 Å². The van der Waals surface area contributed by atoms with E-state index in [0.29, 0.717) is 16.8 Å². The molecule has 2 N–H and O–H groups in total. The molecule has 0 bridgehead atoms. The maximum atomic E-state index is 12.9. The van der Waals surface area contributed by atoms with E-state index >= 15 is 0 Å². The average molecular weight is 406 g/mol. The summed E-state index contributed by atoms with van der Waals surface area (Å²) in [6.45, 7) is 1.86. The largest absolute Gasteiger partial charge is 0.416 e. The van der Waals surface area contributed by atoms with Crippen LogP contribution in [-0.2, 0) is 15.8 Å². The van der Waals surface area contributed by atoms with E-state index in [1.807, 2.05) is 0 Å². The zero-order chi connectivity index (χ0) is 21.3. The fourth-order valence-electron chi connectivity index (χ4n) is 3.50. The Bertz CT molecular complexity index is 958. The number of likely N-dealkylation sites (tertiary alicyclic amines) is 1. The monoisotopic (exact) mass is 406 g/mol. The number of rotatable bonds is 4. The molecule has 1 aliphatic rings. The van der Waals surface area contributed by atoms with Crippen LogP contribution in [0.5, 0.6) is 0 Å². The van der Waals surface area contributed by atoms with Gasteiger partial charge in [0.2, 0.25) is 11.8 Å². The van der Waals surface area contributed by atoms with Crippen LogP contribution in [0.4, 0.5) is 24.5 Å². The number of carbonyl (C=O) groups excluding carboxylic acids is 2. The molecule has 0 unspecified atom stereocenters. The van der Waals surface area contributed by atoms with Crippen LogP contribution in [0.15, 0.2) is 42.5 Å². The first-order chi connectivity index (χ1) is 13.6. The van der Waals surface area contributed by atoms with Crippen molar-refractivity contribution in [2.75, 3.05) is 18.9 Å². The maximum absolute atomic E-state index is 12.9. The molecule has 0 spiro atoms. The number of halogens is 3. The molecule has 1 aliphatic heterocycles. The highest BCUT2D eigenvalue weighted by Gasteiger charge is 2.44. The number of nitrogens with zero attached hydrogens (tertiary/aromatic N) is 1.